The maximum atomic E-state index is 13.0. The Morgan fingerprint density at radius 1 is 0.783 bits per heavy atom. The second-order valence-electron chi connectivity index (χ2n) is 10.1. The van der Waals surface area contributed by atoms with Gasteiger partial charge in [0.1, 0.15) is 5.82 Å². The number of nitrogens with zero attached hydrogens (tertiary/aromatic N) is 2. The molecule has 232 valence electrons. The molecule has 11 heteroatoms. The molecule has 4 aromatic carbocycles. The molecule has 0 fully saturated rings. The van der Waals surface area contributed by atoms with Crippen molar-refractivity contribution in [3.8, 4) is 16.9 Å². The Labute approximate surface area is 269 Å². The van der Waals surface area contributed by atoms with Crippen LogP contribution in [0.25, 0.3) is 16.9 Å². The summed E-state index contributed by atoms with van der Waals surface area (Å²) in [4.78, 5) is 50.7. The van der Waals surface area contributed by atoms with Crippen molar-refractivity contribution in [2.75, 3.05) is 30.1 Å². The Morgan fingerprint density at radius 3 is 2.20 bits per heavy atom. The van der Waals surface area contributed by atoms with Crippen LogP contribution < -0.4 is 10.6 Å². The van der Waals surface area contributed by atoms with E-state index in [1.54, 1.807) is 59.3 Å². The first-order valence-corrected chi connectivity index (χ1v) is 15.2. The predicted molar refractivity (Wildman–Crippen MR) is 176 cm³/mol. The van der Waals surface area contributed by atoms with Gasteiger partial charge in [0, 0.05) is 22.2 Å². The van der Waals surface area contributed by atoms with E-state index in [9.17, 15) is 19.2 Å². The van der Waals surface area contributed by atoms with Crippen LogP contribution in [0.2, 0.25) is 0 Å². The lowest BCUT2D eigenvalue weighted by Crippen LogP contribution is -2.22. The van der Waals surface area contributed by atoms with E-state index >= 15 is 0 Å². The van der Waals surface area contributed by atoms with Crippen LogP contribution in [0.1, 0.15) is 26.3 Å². The number of aromatic nitrogens is 2. The molecule has 46 heavy (non-hydrogen) atoms. The summed E-state index contributed by atoms with van der Waals surface area (Å²) in [6, 6.07) is 32.0. The molecule has 0 atom stereocenters. The normalized spacial score (nSPS) is 10.6. The molecule has 0 saturated heterocycles. The fourth-order valence-corrected chi connectivity index (χ4v) is 5.24. The minimum Gasteiger partial charge on any atom is -0.465 e. The second kappa shape index (κ2) is 14.9. The van der Waals surface area contributed by atoms with Crippen molar-refractivity contribution < 1.29 is 28.7 Å². The average Bonchev–Trinajstić information content (AvgIpc) is 3.50. The van der Waals surface area contributed by atoms with E-state index in [0.717, 1.165) is 28.6 Å². The molecule has 1 aromatic heterocycles. The largest absolute Gasteiger partial charge is 0.465 e. The summed E-state index contributed by atoms with van der Waals surface area (Å²) in [5, 5.41) is 10.3. The van der Waals surface area contributed by atoms with Gasteiger partial charge in [0.15, 0.2) is 6.61 Å². The number of methoxy groups -OCH3 is 1. The molecule has 0 aliphatic carbocycles. The van der Waals surface area contributed by atoms with Gasteiger partial charge in [-0.25, -0.2) is 14.3 Å². The Kier molecular flexibility index (Phi) is 10.3. The smallest absolute Gasteiger partial charge is 0.339 e. The van der Waals surface area contributed by atoms with E-state index in [1.165, 1.54) is 7.11 Å². The van der Waals surface area contributed by atoms with Gasteiger partial charge in [0.2, 0.25) is 5.91 Å². The van der Waals surface area contributed by atoms with Crippen molar-refractivity contribution in [3.05, 3.63) is 126 Å². The third-order valence-electron chi connectivity index (χ3n) is 6.71. The lowest BCUT2D eigenvalue weighted by atomic mass is 10.1. The van der Waals surface area contributed by atoms with Crippen molar-refractivity contribution >= 4 is 47.0 Å². The number of esters is 2. The molecule has 0 radical (unpaired) electrons. The molecule has 1 heterocycles. The van der Waals surface area contributed by atoms with Crippen LogP contribution in [0.4, 0.5) is 11.5 Å². The zero-order valence-electron chi connectivity index (χ0n) is 25.1. The van der Waals surface area contributed by atoms with Crippen molar-refractivity contribution in [3.63, 3.8) is 0 Å². The monoisotopic (exact) mass is 634 g/mol. The molecule has 0 saturated carbocycles. The second-order valence-corrected chi connectivity index (χ2v) is 11.1. The summed E-state index contributed by atoms with van der Waals surface area (Å²) < 4.78 is 11.7. The van der Waals surface area contributed by atoms with Crippen LogP contribution in [-0.4, -0.2) is 53.0 Å². The highest BCUT2D eigenvalue weighted by atomic mass is 32.2. The third-order valence-corrected chi connectivity index (χ3v) is 7.79. The number of para-hydroxylation sites is 1. The molecule has 5 rings (SSSR count). The van der Waals surface area contributed by atoms with Crippen LogP contribution in [0.5, 0.6) is 0 Å². The molecule has 2 amide bonds. The van der Waals surface area contributed by atoms with Gasteiger partial charge in [-0.2, -0.15) is 5.10 Å². The van der Waals surface area contributed by atoms with Gasteiger partial charge in [0.05, 0.1) is 35.4 Å². The average molecular weight is 635 g/mol. The lowest BCUT2D eigenvalue weighted by molar-refractivity contribution is -0.119. The summed E-state index contributed by atoms with van der Waals surface area (Å²) >= 11 is 1.15. The maximum Gasteiger partial charge on any atom is 0.339 e. The Balaban J connectivity index is 1.20. The van der Waals surface area contributed by atoms with Crippen molar-refractivity contribution in [1.82, 2.24) is 9.78 Å². The number of nitrogens with one attached hydrogen (secondary N) is 2. The lowest BCUT2D eigenvalue weighted by Gasteiger charge is -2.11. The zero-order chi connectivity index (χ0) is 32.5. The van der Waals surface area contributed by atoms with E-state index in [1.807, 2.05) is 61.5 Å². The number of carbonyl (C=O) groups excluding carboxylic acids is 4. The summed E-state index contributed by atoms with van der Waals surface area (Å²) in [6.07, 6.45) is 0. The molecule has 5 aromatic rings. The van der Waals surface area contributed by atoms with Gasteiger partial charge in [-0.1, -0.05) is 60.2 Å². The number of aryl methyl sites for hydroxylation is 1. The molecule has 10 nitrogen and oxygen atoms in total. The standard InChI is InChI=1S/C35H30N4O6S/c1-23-12-14-24(15-13-23)29-20-31(39(38-29)27-8-4-3-5-9-27)37-32(40)21-45-35(43)28-10-6-7-11-30(28)46-22-33(41)36-26-18-16-25(17-19-26)34(42)44-2/h3-20H,21-22H2,1-2H3,(H,36,41)(H,37,40). The van der Waals surface area contributed by atoms with E-state index in [4.69, 9.17) is 9.84 Å². The number of anilines is 2. The van der Waals surface area contributed by atoms with Gasteiger partial charge >= 0.3 is 11.9 Å². The summed E-state index contributed by atoms with van der Waals surface area (Å²) in [7, 11) is 1.29. The maximum absolute atomic E-state index is 13.0. The molecule has 0 spiro atoms. The van der Waals surface area contributed by atoms with Gasteiger partial charge in [-0.3, -0.25) is 9.59 Å². The predicted octanol–water partition coefficient (Wildman–Crippen LogP) is 6.16. The van der Waals surface area contributed by atoms with Gasteiger partial charge in [-0.05, 0) is 55.5 Å². The van der Waals surface area contributed by atoms with Crippen LogP contribution in [-0.2, 0) is 19.1 Å². The zero-order valence-corrected chi connectivity index (χ0v) is 25.9. The summed E-state index contributed by atoms with van der Waals surface area (Å²) in [5.74, 6) is -1.59. The highest BCUT2D eigenvalue weighted by molar-refractivity contribution is 8.00. The fourth-order valence-electron chi connectivity index (χ4n) is 4.40. The number of hydrogen-bond acceptors (Lipinski definition) is 8. The first-order valence-electron chi connectivity index (χ1n) is 14.2. The van der Waals surface area contributed by atoms with Crippen LogP contribution >= 0.6 is 11.8 Å². The molecular formula is C35H30N4O6S. The number of benzene rings is 4. The number of thioether (sulfide) groups is 1. The van der Waals surface area contributed by atoms with Crippen molar-refractivity contribution in [1.29, 1.82) is 0 Å². The number of hydrogen-bond donors (Lipinski definition) is 2. The first kappa shape index (κ1) is 31.7. The van der Waals surface area contributed by atoms with E-state index < -0.39 is 24.5 Å². The third kappa shape index (κ3) is 8.07. The molecule has 0 aliphatic heterocycles. The number of ether oxygens (including phenoxy) is 2. The minimum absolute atomic E-state index is 0.0102. The summed E-state index contributed by atoms with van der Waals surface area (Å²) in [6.45, 7) is 1.48. The Morgan fingerprint density at radius 2 is 1.48 bits per heavy atom. The van der Waals surface area contributed by atoms with Crippen LogP contribution in [0, 0.1) is 6.92 Å². The number of rotatable bonds is 11. The Hall–Kier alpha value is -5.68. The molecule has 0 unspecified atom stereocenters. The van der Waals surface area contributed by atoms with Crippen LogP contribution in [0.15, 0.2) is 114 Å². The van der Waals surface area contributed by atoms with E-state index in [0.29, 0.717) is 27.7 Å². The molecule has 0 aliphatic rings. The van der Waals surface area contributed by atoms with Crippen LogP contribution in [0.3, 0.4) is 0 Å². The topological polar surface area (TPSA) is 129 Å². The molecular weight excluding hydrogens is 604 g/mol. The quantitative estimate of drug-likeness (QED) is 0.131. The van der Waals surface area contributed by atoms with Gasteiger partial charge in [-0.15, -0.1) is 11.8 Å². The first-order chi connectivity index (χ1) is 22.3. The van der Waals surface area contributed by atoms with E-state index in [2.05, 4.69) is 15.4 Å². The summed E-state index contributed by atoms with van der Waals surface area (Å²) in [5.41, 5.74) is 4.54. The molecule has 2 N–H and O–H groups in total. The van der Waals surface area contributed by atoms with Crippen molar-refractivity contribution in [2.45, 2.75) is 11.8 Å². The Bertz CT molecular complexity index is 1850. The number of carbonyl (C=O) groups is 4. The highest BCUT2D eigenvalue weighted by Crippen LogP contribution is 2.26. The number of amides is 2. The van der Waals surface area contributed by atoms with Gasteiger partial charge in [0.25, 0.3) is 5.91 Å². The minimum atomic E-state index is -0.700. The van der Waals surface area contributed by atoms with E-state index in [-0.39, 0.29) is 17.2 Å². The highest BCUT2D eigenvalue weighted by Gasteiger charge is 2.18. The van der Waals surface area contributed by atoms with Gasteiger partial charge < -0.3 is 20.1 Å². The fraction of sp³-hybridized carbons (Fsp3) is 0.114. The molecule has 0 bridgehead atoms. The van der Waals surface area contributed by atoms with Crippen molar-refractivity contribution in [2.24, 2.45) is 0 Å². The SMILES string of the molecule is COC(=O)c1ccc(NC(=O)CSc2ccccc2C(=O)OCC(=O)Nc2cc(-c3ccc(C)cc3)nn2-c2ccccc2)cc1.